The van der Waals surface area contributed by atoms with Crippen LogP contribution < -0.4 is 5.73 Å². The molecule has 0 radical (unpaired) electrons. The normalized spacial score (nSPS) is 21.0. The maximum absolute atomic E-state index is 9.47. The van der Waals surface area contributed by atoms with Gasteiger partial charge in [0.1, 0.15) is 12.0 Å². The van der Waals surface area contributed by atoms with E-state index in [2.05, 4.69) is 4.99 Å². The molecule has 0 amide bonds. The number of aliphatic imine (C=N–C) groups is 1. The molecule has 2 rings (SSSR count). The maximum Gasteiger partial charge on any atom is 0.132 e. The summed E-state index contributed by atoms with van der Waals surface area (Å²) in [6, 6.07) is 7.52. The smallest absolute Gasteiger partial charge is 0.132 e. The molecular weight excluding hydrogens is 166 g/mol. The Labute approximate surface area is 76.3 Å². The lowest BCUT2D eigenvalue weighted by Crippen LogP contribution is -2.37. The third-order valence-corrected chi connectivity index (χ3v) is 2.13. The quantitative estimate of drug-likeness (QED) is 0.629. The zero-order valence-corrected chi connectivity index (χ0v) is 7.31. The number of para-hydroxylation sites is 1. The van der Waals surface area contributed by atoms with Crippen LogP contribution in [0.2, 0.25) is 0 Å². The third kappa shape index (κ3) is 1.20. The molecule has 0 aromatic heterocycles. The van der Waals surface area contributed by atoms with Crippen LogP contribution in [0.15, 0.2) is 29.3 Å². The Bertz CT molecular complexity index is 362. The summed E-state index contributed by atoms with van der Waals surface area (Å²) in [5.74, 6) is 0.520. The molecule has 0 saturated carbocycles. The van der Waals surface area contributed by atoms with E-state index in [1.807, 2.05) is 24.3 Å². The van der Waals surface area contributed by atoms with Gasteiger partial charge in [-0.2, -0.15) is 0 Å². The molecule has 13 heavy (non-hydrogen) atoms. The van der Waals surface area contributed by atoms with Crippen LogP contribution in [0.1, 0.15) is 18.7 Å². The first-order valence-corrected chi connectivity index (χ1v) is 4.08. The Balaban J connectivity index is 2.56. The number of benzene rings is 1. The number of fused-ring (bicyclic) bond motifs is 1. The van der Waals surface area contributed by atoms with Gasteiger partial charge in [0, 0.05) is 5.56 Å². The fourth-order valence-corrected chi connectivity index (χ4v) is 1.40. The average molecular weight is 177 g/mol. The Hall–Kier alpha value is -1.39. The van der Waals surface area contributed by atoms with Crippen molar-refractivity contribution >= 4 is 11.5 Å². The van der Waals surface area contributed by atoms with Crippen LogP contribution in [0.3, 0.4) is 0 Å². The van der Waals surface area contributed by atoms with Gasteiger partial charge in [-0.15, -0.1) is 0 Å². The van der Waals surface area contributed by atoms with Crippen LogP contribution in [0.4, 0.5) is 5.69 Å². The minimum Gasteiger partial charge on any atom is -0.305 e. The highest BCUT2D eigenvalue weighted by Gasteiger charge is 2.22. The molecule has 0 saturated heterocycles. The summed E-state index contributed by atoms with van der Waals surface area (Å²) in [6.07, 6.45) is -0.506. The second-order valence-corrected chi connectivity index (χ2v) is 3.01. The van der Waals surface area contributed by atoms with Crippen LogP contribution in [0.25, 0.3) is 0 Å². The molecule has 4 nitrogen and oxygen atoms in total. The van der Waals surface area contributed by atoms with E-state index in [0.29, 0.717) is 5.84 Å². The summed E-state index contributed by atoms with van der Waals surface area (Å²) in [6.45, 7) is 1.72. The molecule has 1 unspecified atom stereocenters. The van der Waals surface area contributed by atoms with E-state index < -0.39 is 6.17 Å². The van der Waals surface area contributed by atoms with Crippen molar-refractivity contribution in [3.8, 4) is 0 Å². The monoisotopic (exact) mass is 177 g/mol. The SMILES string of the molecule is CC1=Nc2ccccc2C(N)N1O. The highest BCUT2D eigenvalue weighted by Crippen LogP contribution is 2.29. The second-order valence-electron chi connectivity index (χ2n) is 3.01. The lowest BCUT2D eigenvalue weighted by molar-refractivity contribution is -0.0555. The molecule has 0 bridgehead atoms. The summed E-state index contributed by atoms with van der Waals surface area (Å²) in [5.41, 5.74) is 7.45. The van der Waals surface area contributed by atoms with Crippen LogP contribution in [-0.4, -0.2) is 16.1 Å². The summed E-state index contributed by atoms with van der Waals surface area (Å²) in [5, 5.41) is 10.4. The summed E-state index contributed by atoms with van der Waals surface area (Å²) in [7, 11) is 0. The number of hydrogen-bond donors (Lipinski definition) is 2. The van der Waals surface area contributed by atoms with Crippen molar-refractivity contribution in [2.45, 2.75) is 13.1 Å². The summed E-state index contributed by atoms with van der Waals surface area (Å²) in [4.78, 5) is 4.19. The van der Waals surface area contributed by atoms with Crippen LogP contribution >= 0.6 is 0 Å². The van der Waals surface area contributed by atoms with Crippen molar-refractivity contribution < 1.29 is 5.21 Å². The van der Waals surface area contributed by atoms with Gasteiger partial charge in [0.05, 0.1) is 5.69 Å². The average Bonchev–Trinajstić information content (AvgIpc) is 2.15. The number of rotatable bonds is 0. The molecule has 1 atom stereocenters. The zero-order chi connectivity index (χ0) is 9.42. The number of nitrogens with zero attached hydrogens (tertiary/aromatic N) is 2. The van der Waals surface area contributed by atoms with E-state index in [9.17, 15) is 5.21 Å². The molecule has 1 aromatic rings. The molecule has 1 aliphatic rings. The first kappa shape index (κ1) is 8.22. The van der Waals surface area contributed by atoms with Gasteiger partial charge in [-0.05, 0) is 13.0 Å². The highest BCUT2D eigenvalue weighted by atomic mass is 16.5. The second kappa shape index (κ2) is 2.83. The van der Waals surface area contributed by atoms with E-state index in [-0.39, 0.29) is 0 Å². The fraction of sp³-hybridized carbons (Fsp3) is 0.222. The number of amidine groups is 1. The van der Waals surface area contributed by atoms with Gasteiger partial charge in [0.15, 0.2) is 0 Å². The Kier molecular flexibility index (Phi) is 1.79. The van der Waals surface area contributed by atoms with Gasteiger partial charge >= 0.3 is 0 Å². The van der Waals surface area contributed by atoms with E-state index >= 15 is 0 Å². The van der Waals surface area contributed by atoms with Gasteiger partial charge < -0.3 is 5.73 Å². The van der Waals surface area contributed by atoms with Crippen LogP contribution in [0, 0.1) is 0 Å². The van der Waals surface area contributed by atoms with Gasteiger partial charge in [-0.25, -0.2) is 10.1 Å². The predicted molar refractivity (Wildman–Crippen MR) is 49.8 cm³/mol. The largest absolute Gasteiger partial charge is 0.305 e. The molecule has 0 fully saturated rings. The van der Waals surface area contributed by atoms with Crippen molar-refractivity contribution in [1.29, 1.82) is 0 Å². The first-order chi connectivity index (χ1) is 6.20. The lowest BCUT2D eigenvalue weighted by atomic mass is 10.1. The fourth-order valence-electron chi connectivity index (χ4n) is 1.40. The van der Waals surface area contributed by atoms with E-state index in [4.69, 9.17) is 5.73 Å². The van der Waals surface area contributed by atoms with Crippen molar-refractivity contribution in [3.63, 3.8) is 0 Å². The van der Waals surface area contributed by atoms with Gasteiger partial charge in [-0.1, -0.05) is 18.2 Å². The molecule has 68 valence electrons. The maximum atomic E-state index is 9.47. The molecule has 1 aliphatic heterocycles. The number of hydroxylamine groups is 2. The Morgan fingerprint density at radius 2 is 2.15 bits per heavy atom. The Morgan fingerprint density at radius 1 is 1.46 bits per heavy atom. The number of nitrogens with two attached hydrogens (primary N) is 1. The van der Waals surface area contributed by atoms with Crippen molar-refractivity contribution in [1.82, 2.24) is 5.06 Å². The summed E-state index contributed by atoms with van der Waals surface area (Å²) < 4.78 is 0. The van der Waals surface area contributed by atoms with E-state index in [1.165, 1.54) is 0 Å². The summed E-state index contributed by atoms with van der Waals surface area (Å²) >= 11 is 0. The van der Waals surface area contributed by atoms with Gasteiger partial charge in [0.2, 0.25) is 0 Å². The zero-order valence-electron chi connectivity index (χ0n) is 7.31. The van der Waals surface area contributed by atoms with Crippen LogP contribution in [-0.2, 0) is 0 Å². The third-order valence-electron chi connectivity index (χ3n) is 2.13. The van der Waals surface area contributed by atoms with E-state index in [0.717, 1.165) is 16.3 Å². The number of hydrogen-bond acceptors (Lipinski definition) is 4. The van der Waals surface area contributed by atoms with Gasteiger partial charge in [0.25, 0.3) is 0 Å². The van der Waals surface area contributed by atoms with Crippen LogP contribution in [0.5, 0.6) is 0 Å². The molecule has 4 heteroatoms. The molecular formula is C9H11N3O. The predicted octanol–water partition coefficient (Wildman–Crippen LogP) is 1.40. The molecule has 0 aliphatic carbocycles. The standard InChI is InChI=1S/C9H11N3O/c1-6-11-8-5-3-2-4-7(8)9(10)12(6)13/h2-5,9,13H,10H2,1H3. The van der Waals surface area contributed by atoms with Crippen molar-refractivity contribution in [2.24, 2.45) is 10.7 Å². The minimum atomic E-state index is -0.506. The molecule has 0 spiro atoms. The van der Waals surface area contributed by atoms with Crippen molar-refractivity contribution in [3.05, 3.63) is 29.8 Å². The highest BCUT2D eigenvalue weighted by molar-refractivity contribution is 5.84. The molecule has 1 heterocycles. The van der Waals surface area contributed by atoms with E-state index in [1.54, 1.807) is 6.92 Å². The van der Waals surface area contributed by atoms with Crippen molar-refractivity contribution in [2.75, 3.05) is 0 Å². The van der Waals surface area contributed by atoms with Gasteiger partial charge in [-0.3, -0.25) is 5.21 Å². The molecule has 1 aromatic carbocycles. The minimum absolute atomic E-state index is 0.506. The Morgan fingerprint density at radius 3 is 2.92 bits per heavy atom. The first-order valence-electron chi connectivity index (χ1n) is 4.08. The molecule has 3 N–H and O–H groups in total. The lowest BCUT2D eigenvalue weighted by Gasteiger charge is -2.28. The topological polar surface area (TPSA) is 61.8 Å².